The van der Waals surface area contributed by atoms with Gasteiger partial charge in [-0.3, -0.25) is 9.59 Å². The molecule has 340 valence electrons. The van der Waals surface area contributed by atoms with Gasteiger partial charge in [0.1, 0.15) is 6.61 Å². The number of ether oxygens (including phenoxy) is 3. The van der Waals surface area contributed by atoms with E-state index in [9.17, 15) is 9.59 Å². The summed E-state index contributed by atoms with van der Waals surface area (Å²) < 4.78 is 17.2. The van der Waals surface area contributed by atoms with Gasteiger partial charge in [0.25, 0.3) is 0 Å². The Labute approximate surface area is 370 Å². The molecule has 5 heteroatoms. The van der Waals surface area contributed by atoms with E-state index in [0.717, 1.165) is 96.3 Å². The smallest absolute Gasteiger partial charge is 0.306 e. The molecule has 0 rings (SSSR count). The summed E-state index contributed by atoms with van der Waals surface area (Å²) in [5.74, 6) is -0.520. The van der Waals surface area contributed by atoms with Gasteiger partial charge >= 0.3 is 11.9 Å². The summed E-state index contributed by atoms with van der Waals surface area (Å²) in [7, 11) is 0. The molecule has 0 fully saturated rings. The van der Waals surface area contributed by atoms with Crippen molar-refractivity contribution in [1.82, 2.24) is 0 Å². The van der Waals surface area contributed by atoms with E-state index in [1.165, 1.54) is 64.2 Å². The zero-order valence-corrected chi connectivity index (χ0v) is 38.9. The predicted octanol–water partition coefficient (Wildman–Crippen LogP) is 16.4. The third-order valence-electron chi connectivity index (χ3n) is 9.82. The molecule has 0 heterocycles. The van der Waals surface area contributed by atoms with E-state index in [4.69, 9.17) is 14.2 Å². The fourth-order valence-corrected chi connectivity index (χ4v) is 6.25. The fraction of sp³-hybridized carbons (Fsp3) is 0.636. The zero-order chi connectivity index (χ0) is 43.5. The van der Waals surface area contributed by atoms with Crippen LogP contribution in [-0.2, 0) is 23.8 Å². The second kappa shape index (κ2) is 49.9. The van der Waals surface area contributed by atoms with Gasteiger partial charge in [-0.1, -0.05) is 207 Å². The van der Waals surface area contributed by atoms with Crippen LogP contribution in [0.1, 0.15) is 201 Å². The van der Waals surface area contributed by atoms with E-state index < -0.39 is 6.10 Å². The molecule has 0 radical (unpaired) electrons. The van der Waals surface area contributed by atoms with Crippen LogP contribution >= 0.6 is 0 Å². The first-order valence-electron chi connectivity index (χ1n) is 24.4. The van der Waals surface area contributed by atoms with Gasteiger partial charge in [-0.15, -0.1) is 0 Å². The molecule has 0 spiro atoms. The first kappa shape index (κ1) is 56.6. The Kier molecular flexibility index (Phi) is 47.1. The molecule has 0 aromatic carbocycles. The van der Waals surface area contributed by atoms with Gasteiger partial charge in [0.2, 0.25) is 0 Å². The van der Waals surface area contributed by atoms with Gasteiger partial charge in [0.05, 0.1) is 6.61 Å². The minimum atomic E-state index is -0.591. The lowest BCUT2D eigenvalue weighted by Gasteiger charge is -2.18. The highest BCUT2D eigenvalue weighted by Gasteiger charge is 2.17. The van der Waals surface area contributed by atoms with Crippen molar-refractivity contribution in [2.24, 2.45) is 0 Å². The highest BCUT2D eigenvalue weighted by molar-refractivity contribution is 5.70. The van der Waals surface area contributed by atoms with E-state index >= 15 is 0 Å². The Morgan fingerprint density at radius 2 is 0.783 bits per heavy atom. The maximum Gasteiger partial charge on any atom is 0.306 e. The molecular formula is C55H90O5. The normalized spacial score (nSPS) is 13.2. The Bertz CT molecular complexity index is 1210. The first-order valence-corrected chi connectivity index (χ1v) is 24.4. The van der Waals surface area contributed by atoms with Crippen LogP contribution in [0.3, 0.4) is 0 Å². The highest BCUT2D eigenvalue weighted by atomic mass is 16.6. The van der Waals surface area contributed by atoms with E-state index in [-0.39, 0.29) is 25.2 Å². The Morgan fingerprint density at radius 3 is 1.23 bits per heavy atom. The summed E-state index contributed by atoms with van der Waals surface area (Å²) in [6.45, 7) is 7.41. The van der Waals surface area contributed by atoms with Crippen molar-refractivity contribution in [1.29, 1.82) is 0 Å². The van der Waals surface area contributed by atoms with E-state index in [1.54, 1.807) is 0 Å². The first-order chi connectivity index (χ1) is 29.6. The van der Waals surface area contributed by atoms with Crippen LogP contribution in [0.4, 0.5) is 0 Å². The minimum absolute atomic E-state index is 0.0252. The van der Waals surface area contributed by atoms with Crippen LogP contribution in [0.25, 0.3) is 0 Å². The molecule has 0 saturated carbocycles. The maximum atomic E-state index is 12.8. The van der Waals surface area contributed by atoms with E-state index in [2.05, 4.69) is 124 Å². The number of allylic oxidation sites excluding steroid dienone is 18. The topological polar surface area (TPSA) is 61.8 Å². The third-order valence-corrected chi connectivity index (χ3v) is 9.82. The summed E-state index contributed by atoms with van der Waals surface area (Å²) in [5.41, 5.74) is 0. The van der Waals surface area contributed by atoms with E-state index in [1.807, 2.05) is 6.08 Å². The monoisotopic (exact) mass is 831 g/mol. The molecule has 0 N–H and O–H groups in total. The molecule has 1 atom stereocenters. The van der Waals surface area contributed by atoms with Gasteiger partial charge in [-0.05, 0) is 89.9 Å². The molecule has 0 aliphatic rings. The summed E-state index contributed by atoms with van der Waals surface area (Å²) in [6.07, 6.45) is 68.3. The molecule has 0 aromatic rings. The molecule has 0 amide bonds. The van der Waals surface area contributed by atoms with Gasteiger partial charge in [-0.2, -0.15) is 0 Å². The highest BCUT2D eigenvalue weighted by Crippen LogP contribution is 2.14. The average molecular weight is 831 g/mol. The fourth-order valence-electron chi connectivity index (χ4n) is 6.25. The largest absolute Gasteiger partial charge is 0.462 e. The van der Waals surface area contributed by atoms with Crippen molar-refractivity contribution in [3.8, 4) is 0 Å². The molecule has 0 aliphatic heterocycles. The van der Waals surface area contributed by atoms with Gasteiger partial charge in [0, 0.05) is 19.4 Å². The number of carbonyl (C=O) groups is 2. The molecule has 1 unspecified atom stereocenters. The Morgan fingerprint density at radius 1 is 0.383 bits per heavy atom. The Hall–Kier alpha value is -3.44. The number of hydrogen-bond donors (Lipinski definition) is 0. The third kappa shape index (κ3) is 47.2. The number of hydrogen-bond acceptors (Lipinski definition) is 5. The van der Waals surface area contributed by atoms with Crippen LogP contribution in [0.15, 0.2) is 109 Å². The standard InChI is InChI=1S/C55H90O5/c1-4-7-10-13-16-19-22-25-26-27-28-29-32-35-38-41-44-47-50-58-51-53(60-55(57)49-46-43-40-37-34-31-24-21-18-15-12-9-6-3)52-59-54(56)48-45-42-39-36-33-30-23-20-17-14-11-8-5-2/h7-8,10-11,16-17,19-20,25-26,28-30,33,35,38-39,42,53H,4-6,9,12-15,18,21-24,27,31-32,34,36-37,40-41,43-52H2,1-3H3/b10-7-,11-8-,19-16-,20-17-,26-25-,29-28-,33-30-,38-35-,42-39-. The van der Waals surface area contributed by atoms with Crippen LogP contribution < -0.4 is 0 Å². The van der Waals surface area contributed by atoms with Crippen molar-refractivity contribution in [3.05, 3.63) is 109 Å². The van der Waals surface area contributed by atoms with Gasteiger partial charge < -0.3 is 14.2 Å². The maximum absolute atomic E-state index is 12.8. The number of rotatable bonds is 43. The van der Waals surface area contributed by atoms with Crippen LogP contribution in [0.5, 0.6) is 0 Å². The molecular weight excluding hydrogens is 741 g/mol. The lowest BCUT2D eigenvalue weighted by Crippen LogP contribution is -2.30. The lowest BCUT2D eigenvalue weighted by molar-refractivity contribution is -0.162. The van der Waals surface area contributed by atoms with Crippen molar-refractivity contribution in [2.75, 3.05) is 19.8 Å². The summed E-state index contributed by atoms with van der Waals surface area (Å²) in [6, 6.07) is 0. The second-order valence-electron chi connectivity index (χ2n) is 15.6. The van der Waals surface area contributed by atoms with Crippen molar-refractivity contribution < 1.29 is 23.8 Å². The number of unbranched alkanes of at least 4 members (excludes halogenated alkanes) is 14. The average Bonchev–Trinajstić information content (AvgIpc) is 3.25. The van der Waals surface area contributed by atoms with Crippen LogP contribution in [0.2, 0.25) is 0 Å². The molecule has 0 bridgehead atoms. The van der Waals surface area contributed by atoms with Gasteiger partial charge in [0.15, 0.2) is 6.10 Å². The second-order valence-corrected chi connectivity index (χ2v) is 15.6. The summed E-state index contributed by atoms with van der Waals surface area (Å²) >= 11 is 0. The summed E-state index contributed by atoms with van der Waals surface area (Å²) in [4.78, 5) is 25.3. The molecule has 60 heavy (non-hydrogen) atoms. The molecule has 0 saturated heterocycles. The SMILES string of the molecule is CC/C=C\C/C=C\C/C=C\C/C=C\C/C=C\CCCCOCC(COC(=O)CC/C=C\C/C=C\C/C=C\C/C=C\CC)OC(=O)CCCCCCCCCCCCCCC. The van der Waals surface area contributed by atoms with Crippen LogP contribution in [-0.4, -0.2) is 37.9 Å². The van der Waals surface area contributed by atoms with Gasteiger partial charge in [-0.25, -0.2) is 0 Å². The summed E-state index contributed by atoms with van der Waals surface area (Å²) in [5, 5.41) is 0. The number of esters is 2. The van der Waals surface area contributed by atoms with Crippen LogP contribution in [0, 0.1) is 0 Å². The Balaban J connectivity index is 4.44. The van der Waals surface area contributed by atoms with Crippen molar-refractivity contribution in [2.45, 2.75) is 207 Å². The molecule has 0 aliphatic carbocycles. The van der Waals surface area contributed by atoms with E-state index in [0.29, 0.717) is 25.9 Å². The molecule has 5 nitrogen and oxygen atoms in total. The number of carbonyl (C=O) groups excluding carboxylic acids is 2. The zero-order valence-electron chi connectivity index (χ0n) is 38.9. The quantitative estimate of drug-likeness (QED) is 0.0348. The van der Waals surface area contributed by atoms with Crippen molar-refractivity contribution in [3.63, 3.8) is 0 Å². The van der Waals surface area contributed by atoms with Crippen molar-refractivity contribution >= 4 is 11.9 Å². The predicted molar refractivity (Wildman–Crippen MR) is 260 cm³/mol. The minimum Gasteiger partial charge on any atom is -0.462 e. The molecule has 0 aromatic heterocycles. The lowest BCUT2D eigenvalue weighted by atomic mass is 10.0.